The Morgan fingerprint density at radius 3 is 2.36 bits per heavy atom. The molecule has 1 saturated heterocycles. The molecule has 0 aliphatic carbocycles. The first-order chi connectivity index (χ1) is 15.9. The van der Waals surface area contributed by atoms with Gasteiger partial charge < -0.3 is 14.4 Å². The van der Waals surface area contributed by atoms with Crippen LogP contribution >= 0.6 is 0 Å². The molecule has 0 bridgehead atoms. The minimum atomic E-state index is -3.80. The first kappa shape index (κ1) is 25.1. The van der Waals surface area contributed by atoms with Gasteiger partial charge in [-0.05, 0) is 55.2 Å². The van der Waals surface area contributed by atoms with Gasteiger partial charge in [-0.2, -0.15) is 0 Å². The van der Waals surface area contributed by atoms with Crippen molar-refractivity contribution < 1.29 is 22.7 Å². The molecule has 1 aliphatic heterocycles. The third kappa shape index (κ3) is 6.95. The van der Waals surface area contributed by atoms with E-state index in [1.807, 2.05) is 24.3 Å². The van der Waals surface area contributed by atoms with Crippen molar-refractivity contribution in [3.05, 3.63) is 53.6 Å². The summed E-state index contributed by atoms with van der Waals surface area (Å²) in [6.07, 6.45) is 6.21. The van der Waals surface area contributed by atoms with Crippen LogP contribution in [0.25, 0.3) is 0 Å². The Labute approximate surface area is 197 Å². The minimum Gasteiger partial charge on any atom is -0.496 e. The zero-order chi connectivity index (χ0) is 23.7. The molecule has 0 aromatic heterocycles. The summed E-state index contributed by atoms with van der Waals surface area (Å²) in [6.45, 7) is 3.79. The maximum absolute atomic E-state index is 13.1. The Morgan fingerprint density at radius 2 is 1.73 bits per heavy atom. The van der Waals surface area contributed by atoms with E-state index in [0.29, 0.717) is 24.6 Å². The highest BCUT2D eigenvalue weighted by molar-refractivity contribution is 7.89. The van der Waals surface area contributed by atoms with Crippen molar-refractivity contribution in [1.82, 2.24) is 9.62 Å². The number of benzene rings is 2. The molecular weight excluding hydrogens is 440 g/mol. The largest absolute Gasteiger partial charge is 0.496 e. The zero-order valence-electron chi connectivity index (χ0n) is 19.5. The number of nitrogens with zero attached hydrogens (tertiary/aromatic N) is 1. The highest BCUT2D eigenvalue weighted by Gasteiger charge is 2.24. The number of hydrogen-bond acceptors (Lipinski definition) is 5. The SMILES string of the molecule is CCCc1ccc(OCCNS(=O)(=O)c2ccc(OC)c(C(=O)N3CCCCCC3)c2)cc1. The number of carbonyl (C=O) groups is 1. The van der Waals surface area contributed by atoms with E-state index in [2.05, 4.69) is 11.6 Å². The summed E-state index contributed by atoms with van der Waals surface area (Å²) in [5.41, 5.74) is 1.52. The Balaban J connectivity index is 1.63. The molecule has 8 heteroatoms. The number of carbonyl (C=O) groups excluding carboxylic acids is 1. The first-order valence-electron chi connectivity index (χ1n) is 11.6. The molecule has 33 heavy (non-hydrogen) atoms. The number of sulfonamides is 1. The predicted molar refractivity (Wildman–Crippen MR) is 128 cm³/mol. The fraction of sp³-hybridized carbons (Fsp3) is 0.480. The number of aryl methyl sites for hydroxylation is 1. The van der Waals surface area contributed by atoms with Crippen LogP contribution in [0.15, 0.2) is 47.4 Å². The van der Waals surface area contributed by atoms with Gasteiger partial charge in [0.2, 0.25) is 10.0 Å². The van der Waals surface area contributed by atoms with Crippen LogP contribution in [0.1, 0.15) is 54.9 Å². The molecule has 1 N–H and O–H groups in total. The second kappa shape index (κ2) is 12.0. The van der Waals surface area contributed by atoms with E-state index in [1.165, 1.54) is 30.9 Å². The average molecular weight is 475 g/mol. The van der Waals surface area contributed by atoms with Gasteiger partial charge in [0.25, 0.3) is 5.91 Å². The van der Waals surface area contributed by atoms with Gasteiger partial charge in [0, 0.05) is 19.6 Å². The molecule has 2 aromatic carbocycles. The summed E-state index contributed by atoms with van der Waals surface area (Å²) in [4.78, 5) is 14.9. The lowest BCUT2D eigenvalue weighted by molar-refractivity contribution is 0.0758. The summed E-state index contributed by atoms with van der Waals surface area (Å²) < 4.78 is 39.2. The molecular formula is C25H34N2O5S. The van der Waals surface area contributed by atoms with Gasteiger partial charge in [0.1, 0.15) is 18.1 Å². The number of hydrogen-bond donors (Lipinski definition) is 1. The maximum Gasteiger partial charge on any atom is 0.257 e. The molecule has 1 fully saturated rings. The lowest BCUT2D eigenvalue weighted by Gasteiger charge is -2.22. The minimum absolute atomic E-state index is 0.0328. The second-order valence-corrected chi connectivity index (χ2v) is 9.98. The average Bonchev–Trinajstić information content (AvgIpc) is 3.12. The van der Waals surface area contributed by atoms with E-state index >= 15 is 0 Å². The Kier molecular flexibility index (Phi) is 9.14. The Morgan fingerprint density at radius 1 is 1.03 bits per heavy atom. The van der Waals surface area contributed by atoms with E-state index in [-0.39, 0.29) is 29.5 Å². The smallest absolute Gasteiger partial charge is 0.257 e. The molecule has 0 spiro atoms. The van der Waals surface area contributed by atoms with Gasteiger partial charge in [-0.1, -0.05) is 38.3 Å². The lowest BCUT2D eigenvalue weighted by Crippen LogP contribution is -2.32. The quantitative estimate of drug-likeness (QED) is 0.526. The fourth-order valence-electron chi connectivity index (χ4n) is 3.93. The summed E-state index contributed by atoms with van der Waals surface area (Å²) in [5.74, 6) is 0.877. The van der Waals surface area contributed by atoms with Gasteiger partial charge in [-0.15, -0.1) is 0 Å². The molecule has 0 saturated carbocycles. The summed E-state index contributed by atoms with van der Waals surface area (Å²) in [6, 6.07) is 12.2. The Hall–Kier alpha value is -2.58. The molecule has 3 rings (SSSR count). The first-order valence-corrected chi connectivity index (χ1v) is 13.1. The van der Waals surface area contributed by atoms with Gasteiger partial charge in [0.05, 0.1) is 17.6 Å². The topological polar surface area (TPSA) is 84.9 Å². The highest BCUT2D eigenvalue weighted by atomic mass is 32.2. The number of methoxy groups -OCH3 is 1. The van der Waals surface area contributed by atoms with Crippen LogP contribution in [0, 0.1) is 0 Å². The van der Waals surface area contributed by atoms with Gasteiger partial charge in [-0.3, -0.25) is 4.79 Å². The van der Waals surface area contributed by atoms with E-state index in [4.69, 9.17) is 9.47 Å². The molecule has 1 aliphatic rings. The van der Waals surface area contributed by atoms with Crippen molar-refractivity contribution in [2.75, 3.05) is 33.4 Å². The van der Waals surface area contributed by atoms with Crippen LogP contribution in [-0.4, -0.2) is 52.6 Å². The number of likely N-dealkylation sites (tertiary alicyclic amines) is 1. The number of rotatable bonds is 10. The number of amides is 1. The Bertz CT molecular complexity index is 1010. The molecule has 0 unspecified atom stereocenters. The van der Waals surface area contributed by atoms with Crippen molar-refractivity contribution in [2.24, 2.45) is 0 Å². The summed E-state index contributed by atoms with van der Waals surface area (Å²) in [5, 5.41) is 0. The van der Waals surface area contributed by atoms with Crippen molar-refractivity contribution in [3.8, 4) is 11.5 Å². The van der Waals surface area contributed by atoms with Gasteiger partial charge in [0.15, 0.2) is 0 Å². The molecule has 0 radical (unpaired) electrons. The number of ether oxygens (including phenoxy) is 2. The summed E-state index contributed by atoms with van der Waals surface area (Å²) in [7, 11) is -2.32. The van der Waals surface area contributed by atoms with E-state index in [0.717, 1.165) is 38.5 Å². The maximum atomic E-state index is 13.1. The zero-order valence-corrected chi connectivity index (χ0v) is 20.3. The van der Waals surface area contributed by atoms with Crippen LogP contribution in [0.5, 0.6) is 11.5 Å². The van der Waals surface area contributed by atoms with Crippen molar-refractivity contribution in [3.63, 3.8) is 0 Å². The second-order valence-electron chi connectivity index (χ2n) is 8.21. The highest BCUT2D eigenvalue weighted by Crippen LogP contribution is 2.25. The van der Waals surface area contributed by atoms with E-state index in [1.54, 1.807) is 4.90 Å². The third-order valence-electron chi connectivity index (χ3n) is 5.73. The van der Waals surface area contributed by atoms with Crippen molar-refractivity contribution >= 4 is 15.9 Å². The predicted octanol–water partition coefficient (Wildman–Crippen LogP) is 4.02. The molecule has 2 aromatic rings. The van der Waals surface area contributed by atoms with Crippen LogP contribution < -0.4 is 14.2 Å². The molecule has 180 valence electrons. The van der Waals surface area contributed by atoms with Crippen LogP contribution in [0.2, 0.25) is 0 Å². The van der Waals surface area contributed by atoms with Gasteiger partial charge in [-0.25, -0.2) is 13.1 Å². The molecule has 7 nitrogen and oxygen atoms in total. The van der Waals surface area contributed by atoms with Gasteiger partial charge >= 0.3 is 0 Å². The van der Waals surface area contributed by atoms with Crippen LogP contribution in [-0.2, 0) is 16.4 Å². The fourth-order valence-corrected chi connectivity index (χ4v) is 4.97. The third-order valence-corrected chi connectivity index (χ3v) is 7.19. The molecule has 1 amide bonds. The summed E-state index contributed by atoms with van der Waals surface area (Å²) >= 11 is 0. The van der Waals surface area contributed by atoms with Crippen molar-refractivity contribution in [1.29, 1.82) is 0 Å². The molecule has 0 atom stereocenters. The van der Waals surface area contributed by atoms with Crippen LogP contribution in [0.4, 0.5) is 0 Å². The lowest BCUT2D eigenvalue weighted by atomic mass is 10.1. The van der Waals surface area contributed by atoms with Crippen molar-refractivity contribution in [2.45, 2.75) is 50.3 Å². The number of nitrogens with one attached hydrogen (secondary N) is 1. The van der Waals surface area contributed by atoms with E-state index < -0.39 is 10.0 Å². The van der Waals surface area contributed by atoms with E-state index in [9.17, 15) is 13.2 Å². The van der Waals surface area contributed by atoms with Crippen LogP contribution in [0.3, 0.4) is 0 Å². The standard InChI is InChI=1S/C25H34N2O5S/c1-3-8-20-9-11-21(12-10-20)32-18-15-26-33(29,30)22-13-14-24(31-2)23(19-22)25(28)27-16-6-4-5-7-17-27/h9-14,19,26H,3-8,15-18H2,1-2H3. The normalized spacial score (nSPS) is 14.5. The monoisotopic (exact) mass is 474 g/mol. The molecule has 1 heterocycles.